The first-order valence-electron chi connectivity index (χ1n) is 11.9. The van der Waals surface area contributed by atoms with E-state index in [4.69, 9.17) is 16.3 Å². The van der Waals surface area contributed by atoms with Crippen LogP contribution in [0.1, 0.15) is 39.0 Å². The zero-order valence-electron chi connectivity index (χ0n) is 20.6. The Bertz CT molecular complexity index is 1400. The van der Waals surface area contributed by atoms with Crippen molar-refractivity contribution in [3.8, 4) is 5.75 Å². The Hall–Kier alpha value is -3.28. The van der Waals surface area contributed by atoms with Crippen LogP contribution in [0.4, 0.5) is 9.52 Å². The lowest BCUT2D eigenvalue weighted by Crippen LogP contribution is -2.15. The smallest absolute Gasteiger partial charge is 0.230 e. The van der Waals surface area contributed by atoms with Gasteiger partial charge in [-0.2, -0.15) is 0 Å². The van der Waals surface area contributed by atoms with Crippen LogP contribution in [0.3, 0.4) is 0 Å². The molecule has 2 heterocycles. The third-order valence-corrected chi connectivity index (χ3v) is 7.79. The molecule has 0 aliphatic heterocycles. The summed E-state index contributed by atoms with van der Waals surface area (Å²) in [6, 6.07) is 12.6. The first-order valence-corrected chi connectivity index (χ1v) is 13.9. The zero-order chi connectivity index (χ0) is 26.9. The van der Waals surface area contributed by atoms with Crippen molar-refractivity contribution in [2.45, 2.75) is 44.9 Å². The minimum Gasteiger partial charge on any atom is -0.494 e. The van der Waals surface area contributed by atoms with Crippen LogP contribution in [0.15, 0.2) is 42.5 Å². The number of ether oxygens (including phenoxy) is 1. The zero-order valence-corrected chi connectivity index (χ0v) is 23.0. The van der Waals surface area contributed by atoms with E-state index in [1.807, 2.05) is 30.3 Å². The summed E-state index contributed by atoms with van der Waals surface area (Å²) in [5.74, 6) is -0.961. The largest absolute Gasteiger partial charge is 0.494 e. The molecule has 1 amide bonds. The highest BCUT2D eigenvalue weighted by molar-refractivity contribution is 7.15. The molecule has 0 atom stereocenters. The fraction of sp³-hybridized carbons (Fsp3) is 0.308. The highest BCUT2D eigenvalue weighted by atomic mass is 35.5. The van der Waals surface area contributed by atoms with E-state index in [1.54, 1.807) is 0 Å². The Morgan fingerprint density at radius 2 is 1.58 bits per heavy atom. The van der Waals surface area contributed by atoms with Crippen LogP contribution < -0.4 is 10.1 Å². The van der Waals surface area contributed by atoms with E-state index in [2.05, 4.69) is 25.7 Å². The minimum atomic E-state index is -0.658. The lowest BCUT2D eigenvalue weighted by atomic mass is 10.1. The number of halogens is 2. The lowest BCUT2D eigenvalue weighted by Gasteiger charge is -2.09. The van der Waals surface area contributed by atoms with Gasteiger partial charge in [0.15, 0.2) is 11.6 Å². The van der Waals surface area contributed by atoms with E-state index < -0.39 is 11.7 Å². The predicted octanol–water partition coefficient (Wildman–Crippen LogP) is 5.29. The Balaban J connectivity index is 1.18. The van der Waals surface area contributed by atoms with Crippen LogP contribution in [0.25, 0.3) is 0 Å². The first-order chi connectivity index (χ1) is 18.4. The van der Waals surface area contributed by atoms with Crippen LogP contribution in [0, 0.1) is 5.82 Å². The van der Waals surface area contributed by atoms with Crippen molar-refractivity contribution in [3.05, 3.63) is 79.5 Å². The molecule has 198 valence electrons. The van der Waals surface area contributed by atoms with Gasteiger partial charge >= 0.3 is 0 Å². The maximum absolute atomic E-state index is 14.4. The topological polar surface area (TPSA) is 107 Å². The van der Waals surface area contributed by atoms with Crippen molar-refractivity contribution in [2.75, 3.05) is 12.4 Å². The fourth-order valence-corrected chi connectivity index (χ4v) is 5.62. The number of aryl methyl sites for hydroxylation is 2. The van der Waals surface area contributed by atoms with Crippen LogP contribution in [0.5, 0.6) is 5.75 Å². The second kappa shape index (κ2) is 13.5. The van der Waals surface area contributed by atoms with Gasteiger partial charge in [-0.3, -0.25) is 9.59 Å². The number of rotatable bonds is 13. The highest BCUT2D eigenvalue weighted by Gasteiger charge is 2.18. The summed E-state index contributed by atoms with van der Waals surface area (Å²) in [5.41, 5.74) is 1.06. The van der Waals surface area contributed by atoms with Gasteiger partial charge in [0.2, 0.25) is 11.0 Å². The number of amides is 1. The molecule has 0 aliphatic carbocycles. The molecule has 0 radical (unpaired) electrons. The molecular formula is C26H25ClFN5O3S2. The highest BCUT2D eigenvalue weighted by Crippen LogP contribution is 2.28. The predicted molar refractivity (Wildman–Crippen MR) is 146 cm³/mol. The molecule has 0 saturated heterocycles. The number of nitrogens with one attached hydrogen (secondary N) is 1. The summed E-state index contributed by atoms with van der Waals surface area (Å²) in [5, 5.41) is 22.1. The summed E-state index contributed by atoms with van der Waals surface area (Å²) in [4.78, 5) is 24.7. The van der Waals surface area contributed by atoms with E-state index in [9.17, 15) is 14.0 Å². The van der Waals surface area contributed by atoms with E-state index >= 15 is 0 Å². The molecule has 0 saturated carbocycles. The molecule has 0 bridgehead atoms. The number of benzene rings is 2. The molecule has 38 heavy (non-hydrogen) atoms. The number of Topliss-reactive ketones (excluding diaryl/α,β-unsaturated/α-hetero) is 1. The number of hydrogen-bond donors (Lipinski definition) is 1. The van der Waals surface area contributed by atoms with Crippen LogP contribution in [-0.2, 0) is 41.7 Å². The van der Waals surface area contributed by atoms with Gasteiger partial charge in [0.1, 0.15) is 20.8 Å². The van der Waals surface area contributed by atoms with Crippen molar-refractivity contribution in [3.63, 3.8) is 0 Å². The standard InChI is InChI=1S/C26H25ClFN5O3S2/c1-36-20-12-11-19(27)18(25(20)28)15-21(35)29-26-33-31-23(38-26)10-6-5-9-22-30-32-24(37-22)14-17(34)13-16-7-3-2-4-8-16/h2-4,7-8,11-12H,5-6,9-10,13-15H2,1H3,(H,29,33,35). The number of nitrogens with zero attached hydrogens (tertiary/aromatic N) is 4. The van der Waals surface area contributed by atoms with E-state index in [-0.39, 0.29) is 28.5 Å². The number of anilines is 1. The monoisotopic (exact) mass is 573 g/mol. The van der Waals surface area contributed by atoms with Gasteiger partial charge in [-0.05, 0) is 30.5 Å². The summed E-state index contributed by atoms with van der Waals surface area (Å²) in [7, 11) is 1.35. The van der Waals surface area contributed by atoms with Crippen LogP contribution in [0.2, 0.25) is 5.02 Å². The Morgan fingerprint density at radius 1 is 0.895 bits per heavy atom. The quantitative estimate of drug-likeness (QED) is 0.216. The number of hydrogen-bond acceptors (Lipinski definition) is 9. The third kappa shape index (κ3) is 7.86. The minimum absolute atomic E-state index is 0.0247. The third-order valence-electron chi connectivity index (χ3n) is 5.55. The molecule has 8 nitrogen and oxygen atoms in total. The summed E-state index contributed by atoms with van der Waals surface area (Å²) in [6.45, 7) is 0. The van der Waals surface area contributed by atoms with Crippen molar-refractivity contribution in [1.82, 2.24) is 20.4 Å². The molecule has 0 fully saturated rings. The van der Waals surface area contributed by atoms with Gasteiger partial charge in [-0.15, -0.1) is 31.7 Å². The number of unbranched alkanes of at least 4 members (excludes halogenated alkanes) is 1. The number of carbonyl (C=O) groups excluding carboxylic acids is 2. The van der Waals surface area contributed by atoms with E-state index in [0.717, 1.165) is 39.8 Å². The Morgan fingerprint density at radius 3 is 2.32 bits per heavy atom. The Labute approximate surface area is 232 Å². The summed E-state index contributed by atoms with van der Waals surface area (Å²) < 4.78 is 19.4. The van der Waals surface area contributed by atoms with Gasteiger partial charge in [0, 0.05) is 29.8 Å². The summed E-state index contributed by atoms with van der Waals surface area (Å²) >= 11 is 8.81. The second-order valence-electron chi connectivity index (χ2n) is 8.44. The van der Waals surface area contributed by atoms with Gasteiger partial charge in [-0.25, -0.2) is 4.39 Å². The molecule has 12 heteroatoms. The fourth-order valence-electron chi connectivity index (χ4n) is 3.69. The molecule has 2 aromatic carbocycles. The average Bonchev–Trinajstić information content (AvgIpc) is 3.54. The van der Waals surface area contributed by atoms with Crippen molar-refractivity contribution in [1.29, 1.82) is 0 Å². The molecule has 0 unspecified atom stereocenters. The lowest BCUT2D eigenvalue weighted by molar-refractivity contribution is -0.118. The number of ketones is 1. The molecule has 4 aromatic rings. The van der Waals surface area contributed by atoms with E-state index in [0.29, 0.717) is 24.4 Å². The van der Waals surface area contributed by atoms with Gasteiger partial charge in [-0.1, -0.05) is 53.3 Å². The Kier molecular flexibility index (Phi) is 9.85. The molecule has 1 N–H and O–H groups in total. The van der Waals surface area contributed by atoms with Crippen molar-refractivity contribution >= 4 is 51.1 Å². The van der Waals surface area contributed by atoms with E-state index in [1.165, 1.54) is 41.9 Å². The normalized spacial score (nSPS) is 10.9. The SMILES string of the molecule is COc1ccc(Cl)c(CC(=O)Nc2nnc(CCCCc3nnc(CC(=O)Cc4ccccc4)s3)s2)c1F. The van der Waals surface area contributed by atoms with Crippen LogP contribution in [-0.4, -0.2) is 39.2 Å². The maximum Gasteiger partial charge on any atom is 0.230 e. The van der Waals surface area contributed by atoms with Gasteiger partial charge < -0.3 is 10.1 Å². The van der Waals surface area contributed by atoms with Crippen LogP contribution >= 0.6 is 34.3 Å². The molecule has 0 spiro atoms. The first kappa shape index (κ1) is 27.7. The number of aromatic nitrogens is 4. The number of methoxy groups -OCH3 is 1. The maximum atomic E-state index is 14.4. The van der Waals surface area contributed by atoms with Gasteiger partial charge in [0.05, 0.1) is 20.0 Å². The molecule has 4 rings (SSSR count). The average molecular weight is 574 g/mol. The molecule has 2 aromatic heterocycles. The number of carbonyl (C=O) groups is 2. The second-order valence-corrected chi connectivity index (χ2v) is 11.1. The van der Waals surface area contributed by atoms with Crippen molar-refractivity contribution in [2.24, 2.45) is 0 Å². The molecule has 0 aliphatic rings. The summed E-state index contributed by atoms with van der Waals surface area (Å²) in [6.07, 6.45) is 3.63. The van der Waals surface area contributed by atoms with Crippen molar-refractivity contribution < 1.29 is 18.7 Å². The van der Waals surface area contributed by atoms with Gasteiger partial charge in [0.25, 0.3) is 0 Å². The molecular weight excluding hydrogens is 549 g/mol.